The number of nitrogen functional groups attached to an aromatic ring is 1. The van der Waals surface area contributed by atoms with E-state index in [9.17, 15) is 0 Å². The van der Waals surface area contributed by atoms with E-state index in [1.54, 1.807) is 0 Å². The lowest BCUT2D eigenvalue weighted by molar-refractivity contribution is 1.27. The summed E-state index contributed by atoms with van der Waals surface area (Å²) in [4.78, 5) is 0. The van der Waals surface area contributed by atoms with Crippen molar-refractivity contribution in [2.45, 2.75) is 20.3 Å². The van der Waals surface area contributed by atoms with Gasteiger partial charge in [0.2, 0.25) is 0 Å². The maximum absolute atomic E-state index is 5.97. The Balaban J connectivity index is 2.96. The highest BCUT2D eigenvalue weighted by Gasteiger charge is 1.99. The molecule has 2 heteroatoms. The Morgan fingerprint density at radius 1 is 1.36 bits per heavy atom. The van der Waals surface area contributed by atoms with Crippen LogP contribution in [0.5, 0.6) is 0 Å². The van der Waals surface area contributed by atoms with Gasteiger partial charge in [-0.05, 0) is 37.5 Å². The normalized spacial score (nSPS) is 11.1. The Morgan fingerprint density at radius 2 is 2.07 bits per heavy atom. The van der Waals surface area contributed by atoms with Crippen molar-refractivity contribution in [2.75, 3.05) is 11.1 Å². The number of alkyl halides is 1. The first-order chi connectivity index (χ1) is 6.65. The van der Waals surface area contributed by atoms with Crippen LogP contribution in [0.25, 0.3) is 6.08 Å². The molecule has 14 heavy (non-hydrogen) atoms. The number of anilines is 1. The Labute approximate surface area is 94.1 Å². The van der Waals surface area contributed by atoms with Crippen molar-refractivity contribution in [3.63, 3.8) is 0 Å². The maximum Gasteiger partial charge on any atom is 0.0417 e. The molecule has 0 aromatic heterocycles. The molecule has 2 N–H and O–H groups in total. The van der Waals surface area contributed by atoms with Gasteiger partial charge in [0.15, 0.2) is 0 Å². The van der Waals surface area contributed by atoms with Crippen LogP contribution >= 0.6 is 15.9 Å². The molecule has 1 rings (SSSR count). The third kappa shape index (κ3) is 2.88. The van der Waals surface area contributed by atoms with Crippen LogP contribution in [0.1, 0.15) is 23.1 Å². The second-order valence-electron chi connectivity index (χ2n) is 3.46. The van der Waals surface area contributed by atoms with Crippen LogP contribution in [0, 0.1) is 13.8 Å². The van der Waals surface area contributed by atoms with Crippen LogP contribution in [0.3, 0.4) is 0 Å². The van der Waals surface area contributed by atoms with E-state index in [-0.39, 0.29) is 0 Å². The minimum Gasteiger partial charge on any atom is -0.398 e. The minimum absolute atomic E-state index is 0.890. The van der Waals surface area contributed by atoms with Gasteiger partial charge in [0.1, 0.15) is 0 Å². The molecule has 0 saturated heterocycles. The van der Waals surface area contributed by atoms with Crippen LogP contribution in [0.4, 0.5) is 5.69 Å². The van der Waals surface area contributed by atoms with Gasteiger partial charge in [-0.2, -0.15) is 0 Å². The predicted molar refractivity (Wildman–Crippen MR) is 67.8 cm³/mol. The molecule has 0 unspecified atom stereocenters. The van der Waals surface area contributed by atoms with Crippen molar-refractivity contribution < 1.29 is 0 Å². The van der Waals surface area contributed by atoms with Crippen LogP contribution < -0.4 is 5.73 Å². The Bertz CT molecular complexity index is 342. The van der Waals surface area contributed by atoms with Crippen LogP contribution in [-0.4, -0.2) is 5.33 Å². The molecule has 76 valence electrons. The molecule has 0 radical (unpaired) electrons. The highest BCUT2D eigenvalue weighted by Crippen LogP contribution is 2.20. The monoisotopic (exact) mass is 253 g/mol. The van der Waals surface area contributed by atoms with E-state index in [0.29, 0.717) is 0 Å². The summed E-state index contributed by atoms with van der Waals surface area (Å²) in [5.74, 6) is 0. The molecule has 1 nitrogen and oxygen atoms in total. The largest absolute Gasteiger partial charge is 0.398 e. The molecule has 0 aliphatic heterocycles. The van der Waals surface area contributed by atoms with Crippen molar-refractivity contribution in [2.24, 2.45) is 0 Å². The summed E-state index contributed by atoms with van der Waals surface area (Å²) in [5.41, 5.74) is 10.4. The lowest BCUT2D eigenvalue weighted by atomic mass is 10.0. The Morgan fingerprint density at radius 3 is 2.71 bits per heavy atom. The van der Waals surface area contributed by atoms with Gasteiger partial charge < -0.3 is 5.73 Å². The third-order valence-electron chi connectivity index (χ3n) is 2.14. The maximum atomic E-state index is 5.97. The Kier molecular flexibility index (Phi) is 4.21. The lowest BCUT2D eigenvalue weighted by Crippen LogP contribution is -1.94. The molecular formula is C12H16BrN. The predicted octanol–water partition coefficient (Wildman–Crippen LogP) is 3.68. The molecule has 0 heterocycles. The zero-order valence-electron chi connectivity index (χ0n) is 8.68. The fourth-order valence-electron chi connectivity index (χ4n) is 1.42. The van der Waals surface area contributed by atoms with Gasteiger partial charge in [0.05, 0.1) is 0 Å². The van der Waals surface area contributed by atoms with E-state index < -0.39 is 0 Å². The van der Waals surface area contributed by atoms with Crippen molar-refractivity contribution in [1.82, 2.24) is 0 Å². The molecule has 0 bridgehead atoms. The molecule has 0 aliphatic carbocycles. The number of halogens is 1. The number of rotatable bonds is 3. The molecule has 0 amide bonds. The molecule has 0 spiro atoms. The second-order valence-corrected chi connectivity index (χ2v) is 4.26. The summed E-state index contributed by atoms with van der Waals surface area (Å²) in [6.07, 6.45) is 5.27. The zero-order valence-corrected chi connectivity index (χ0v) is 10.3. The summed E-state index contributed by atoms with van der Waals surface area (Å²) in [6.45, 7) is 4.14. The van der Waals surface area contributed by atoms with Gasteiger partial charge in [-0.3, -0.25) is 0 Å². The van der Waals surface area contributed by atoms with Crippen molar-refractivity contribution >= 4 is 27.7 Å². The van der Waals surface area contributed by atoms with Gasteiger partial charge in [-0.25, -0.2) is 0 Å². The first-order valence-corrected chi connectivity index (χ1v) is 5.86. The quantitative estimate of drug-likeness (QED) is 0.646. The first-order valence-electron chi connectivity index (χ1n) is 4.74. The number of hydrogen-bond acceptors (Lipinski definition) is 1. The highest BCUT2D eigenvalue weighted by atomic mass is 79.9. The minimum atomic E-state index is 0.890. The van der Waals surface area contributed by atoms with E-state index >= 15 is 0 Å². The molecule has 1 aromatic rings. The standard InChI is InChI=1S/C12H16BrN/c1-9-7-10(2)12(14)11(8-9)5-3-4-6-13/h3,5,7-8H,4,6,14H2,1-2H3. The summed E-state index contributed by atoms with van der Waals surface area (Å²) >= 11 is 3.39. The van der Waals surface area contributed by atoms with Crippen LogP contribution in [0.2, 0.25) is 0 Å². The molecule has 0 atom stereocenters. The van der Waals surface area contributed by atoms with Gasteiger partial charge >= 0.3 is 0 Å². The van der Waals surface area contributed by atoms with E-state index in [2.05, 4.69) is 47.1 Å². The molecular weight excluding hydrogens is 238 g/mol. The SMILES string of the molecule is Cc1cc(C)c(N)c(C=CCCBr)c1. The molecule has 0 fully saturated rings. The number of aryl methyl sites for hydroxylation is 2. The lowest BCUT2D eigenvalue weighted by Gasteiger charge is -2.06. The smallest absolute Gasteiger partial charge is 0.0417 e. The number of hydrogen-bond donors (Lipinski definition) is 1. The highest BCUT2D eigenvalue weighted by molar-refractivity contribution is 9.09. The van der Waals surface area contributed by atoms with E-state index in [0.717, 1.165) is 28.6 Å². The Hall–Kier alpha value is -0.760. The van der Waals surface area contributed by atoms with Crippen LogP contribution in [0.15, 0.2) is 18.2 Å². The second kappa shape index (κ2) is 5.20. The first kappa shape index (κ1) is 11.3. The van der Waals surface area contributed by atoms with Crippen molar-refractivity contribution in [1.29, 1.82) is 0 Å². The fourth-order valence-corrected chi connectivity index (χ4v) is 1.69. The van der Waals surface area contributed by atoms with Crippen molar-refractivity contribution in [3.05, 3.63) is 34.9 Å². The fraction of sp³-hybridized carbons (Fsp3) is 0.333. The number of nitrogens with two attached hydrogens (primary N) is 1. The average Bonchev–Trinajstić information content (AvgIpc) is 2.13. The summed E-state index contributed by atoms with van der Waals surface area (Å²) in [7, 11) is 0. The van der Waals surface area contributed by atoms with Crippen molar-refractivity contribution in [3.8, 4) is 0 Å². The summed E-state index contributed by atoms with van der Waals surface area (Å²) < 4.78 is 0. The number of allylic oxidation sites excluding steroid dienone is 1. The zero-order chi connectivity index (χ0) is 10.6. The van der Waals surface area contributed by atoms with E-state index in [1.165, 1.54) is 5.56 Å². The average molecular weight is 254 g/mol. The molecule has 0 saturated carbocycles. The van der Waals surface area contributed by atoms with E-state index in [1.807, 2.05) is 6.92 Å². The van der Waals surface area contributed by atoms with Gasteiger partial charge in [0, 0.05) is 11.0 Å². The van der Waals surface area contributed by atoms with Gasteiger partial charge in [0.25, 0.3) is 0 Å². The molecule has 0 aliphatic rings. The van der Waals surface area contributed by atoms with Gasteiger partial charge in [-0.1, -0.05) is 39.7 Å². The van der Waals surface area contributed by atoms with Crippen LogP contribution in [-0.2, 0) is 0 Å². The summed E-state index contributed by atoms with van der Waals surface area (Å²) in [5, 5.41) is 0.994. The number of benzene rings is 1. The van der Waals surface area contributed by atoms with E-state index in [4.69, 9.17) is 5.73 Å². The topological polar surface area (TPSA) is 26.0 Å². The summed E-state index contributed by atoms with van der Waals surface area (Å²) in [6, 6.07) is 4.23. The third-order valence-corrected chi connectivity index (χ3v) is 2.59. The molecule has 1 aromatic carbocycles. The van der Waals surface area contributed by atoms with Gasteiger partial charge in [-0.15, -0.1) is 0 Å².